The Labute approximate surface area is 161 Å². The van der Waals surface area contributed by atoms with Crippen LogP contribution in [0.5, 0.6) is 0 Å². The molecular weight excluding hydrogens is 334 g/mol. The van der Waals surface area contributed by atoms with Crippen LogP contribution in [0, 0.1) is 0 Å². The normalized spacial score (nSPS) is 19.1. The van der Waals surface area contributed by atoms with E-state index in [0.29, 0.717) is 5.56 Å². The zero-order valence-corrected chi connectivity index (χ0v) is 16.3. The summed E-state index contributed by atoms with van der Waals surface area (Å²) < 4.78 is 0. The highest BCUT2D eigenvalue weighted by atomic mass is 16.4. The maximum Gasteiger partial charge on any atom is 0.338 e. The third kappa shape index (κ3) is 3.40. The summed E-state index contributed by atoms with van der Waals surface area (Å²) in [5.41, 5.74) is 5.47. The Hall–Kier alpha value is -2.16. The third-order valence-corrected chi connectivity index (χ3v) is 6.53. The molecule has 142 valence electrons. The number of aromatic carboxylic acids is 1. The van der Waals surface area contributed by atoms with Crippen LogP contribution in [0.2, 0.25) is 0 Å². The summed E-state index contributed by atoms with van der Waals surface area (Å²) in [7, 11) is 0. The fourth-order valence-electron chi connectivity index (χ4n) is 5.06. The van der Waals surface area contributed by atoms with E-state index in [9.17, 15) is 9.90 Å². The number of aryl methyl sites for hydroxylation is 1. The Balaban J connectivity index is 2.02. The summed E-state index contributed by atoms with van der Waals surface area (Å²) in [4.78, 5) is 17.6. The first-order valence-electron chi connectivity index (χ1n) is 10.4. The second-order valence-electron chi connectivity index (χ2n) is 8.49. The first-order chi connectivity index (χ1) is 13.1. The van der Waals surface area contributed by atoms with Gasteiger partial charge >= 0.3 is 5.97 Å². The monoisotopic (exact) mass is 363 g/mol. The van der Waals surface area contributed by atoms with Crippen molar-refractivity contribution in [1.82, 2.24) is 4.98 Å². The highest BCUT2D eigenvalue weighted by Crippen LogP contribution is 2.44. The van der Waals surface area contributed by atoms with E-state index in [1.165, 1.54) is 18.4 Å². The number of benzene rings is 1. The Morgan fingerprint density at radius 3 is 2.33 bits per heavy atom. The predicted molar refractivity (Wildman–Crippen MR) is 108 cm³/mol. The minimum Gasteiger partial charge on any atom is -0.478 e. The molecule has 3 heteroatoms. The summed E-state index contributed by atoms with van der Waals surface area (Å²) in [6.07, 6.45) is 11.0. The van der Waals surface area contributed by atoms with Gasteiger partial charge in [-0.2, -0.15) is 0 Å². The molecule has 4 rings (SSSR count). The fraction of sp³-hybridized carbons (Fsp3) is 0.500. The van der Waals surface area contributed by atoms with Crippen LogP contribution in [-0.4, -0.2) is 16.1 Å². The SMILES string of the molecule is CC1(c2nc3c(c(-c4ccccc4)c2C(=O)O)CCCCC3)CCCCC1. The number of pyridine rings is 1. The number of hydrogen-bond acceptors (Lipinski definition) is 2. The van der Waals surface area contributed by atoms with E-state index in [1.54, 1.807) is 0 Å². The standard InChI is InChI=1S/C24H29NO2/c1-24(15-9-4-10-16-24)22-21(23(26)27)20(17-11-5-2-6-12-17)18-13-7-3-8-14-19(18)25-22/h2,5-6,11-12H,3-4,7-10,13-16H2,1H3,(H,26,27). The Morgan fingerprint density at radius 2 is 1.63 bits per heavy atom. The lowest BCUT2D eigenvalue weighted by molar-refractivity contribution is 0.0692. The van der Waals surface area contributed by atoms with E-state index in [1.807, 2.05) is 18.2 Å². The van der Waals surface area contributed by atoms with E-state index in [4.69, 9.17) is 4.98 Å². The molecule has 0 aliphatic heterocycles. The molecular formula is C24H29NO2. The maximum atomic E-state index is 12.5. The summed E-state index contributed by atoms with van der Waals surface area (Å²) in [6, 6.07) is 10.1. The quantitative estimate of drug-likeness (QED) is 0.687. The largest absolute Gasteiger partial charge is 0.478 e. The number of carboxylic acids is 1. The summed E-state index contributed by atoms with van der Waals surface area (Å²) in [6.45, 7) is 2.23. The molecule has 0 amide bonds. The summed E-state index contributed by atoms with van der Waals surface area (Å²) >= 11 is 0. The van der Waals surface area contributed by atoms with E-state index in [2.05, 4.69) is 19.1 Å². The predicted octanol–water partition coefficient (Wildman–Crippen LogP) is 5.94. The molecule has 0 spiro atoms. The molecule has 0 unspecified atom stereocenters. The average molecular weight is 364 g/mol. The Morgan fingerprint density at radius 1 is 0.963 bits per heavy atom. The second kappa shape index (κ2) is 7.46. The van der Waals surface area contributed by atoms with Crippen molar-refractivity contribution in [3.05, 3.63) is 52.8 Å². The molecule has 1 aromatic heterocycles. The molecule has 2 aliphatic carbocycles. The summed E-state index contributed by atoms with van der Waals surface area (Å²) in [5, 5.41) is 10.3. The number of rotatable bonds is 3. The lowest BCUT2D eigenvalue weighted by Crippen LogP contribution is -2.30. The molecule has 1 N–H and O–H groups in total. The minimum absolute atomic E-state index is 0.128. The molecule has 1 fully saturated rings. The van der Waals surface area contributed by atoms with Gasteiger partial charge in [0.25, 0.3) is 0 Å². The van der Waals surface area contributed by atoms with Gasteiger partial charge in [0.15, 0.2) is 0 Å². The topological polar surface area (TPSA) is 50.2 Å². The third-order valence-electron chi connectivity index (χ3n) is 6.53. The molecule has 27 heavy (non-hydrogen) atoms. The van der Waals surface area contributed by atoms with Crippen LogP contribution >= 0.6 is 0 Å². The van der Waals surface area contributed by atoms with Gasteiger partial charge in [-0.3, -0.25) is 4.98 Å². The highest BCUT2D eigenvalue weighted by Gasteiger charge is 2.37. The van der Waals surface area contributed by atoms with Crippen molar-refractivity contribution in [2.75, 3.05) is 0 Å². The van der Waals surface area contributed by atoms with E-state index < -0.39 is 5.97 Å². The van der Waals surface area contributed by atoms with Gasteiger partial charge in [-0.25, -0.2) is 4.79 Å². The van der Waals surface area contributed by atoms with Crippen LogP contribution in [0.1, 0.15) is 85.6 Å². The second-order valence-corrected chi connectivity index (χ2v) is 8.49. The Bertz CT molecular complexity index is 835. The smallest absolute Gasteiger partial charge is 0.338 e. The van der Waals surface area contributed by atoms with Crippen LogP contribution in [-0.2, 0) is 18.3 Å². The molecule has 2 aliphatic rings. The highest BCUT2D eigenvalue weighted by molar-refractivity contribution is 5.98. The van der Waals surface area contributed by atoms with Crippen LogP contribution in [0.4, 0.5) is 0 Å². The number of hydrogen-bond donors (Lipinski definition) is 1. The number of fused-ring (bicyclic) bond motifs is 1. The van der Waals surface area contributed by atoms with Crippen molar-refractivity contribution >= 4 is 5.97 Å². The van der Waals surface area contributed by atoms with Crippen LogP contribution in [0.25, 0.3) is 11.1 Å². The number of nitrogens with zero attached hydrogens (tertiary/aromatic N) is 1. The molecule has 0 bridgehead atoms. The zero-order chi connectivity index (χ0) is 18.9. The minimum atomic E-state index is -0.824. The van der Waals surface area contributed by atoms with Crippen LogP contribution in [0.3, 0.4) is 0 Å². The van der Waals surface area contributed by atoms with Crippen molar-refractivity contribution in [1.29, 1.82) is 0 Å². The zero-order valence-electron chi connectivity index (χ0n) is 16.3. The molecule has 1 aromatic carbocycles. The van der Waals surface area contributed by atoms with Crippen molar-refractivity contribution < 1.29 is 9.90 Å². The summed E-state index contributed by atoms with van der Waals surface area (Å²) in [5.74, 6) is -0.824. The van der Waals surface area contributed by atoms with Crippen LogP contribution < -0.4 is 0 Å². The van der Waals surface area contributed by atoms with Gasteiger partial charge in [0.2, 0.25) is 0 Å². The average Bonchev–Trinajstić information content (AvgIpc) is 2.93. The van der Waals surface area contributed by atoms with E-state index in [0.717, 1.165) is 73.9 Å². The van der Waals surface area contributed by atoms with Crippen molar-refractivity contribution in [3.8, 4) is 11.1 Å². The van der Waals surface area contributed by atoms with Gasteiger partial charge < -0.3 is 5.11 Å². The lowest BCUT2D eigenvalue weighted by Gasteiger charge is -2.35. The van der Waals surface area contributed by atoms with E-state index >= 15 is 0 Å². The van der Waals surface area contributed by atoms with Crippen molar-refractivity contribution in [2.24, 2.45) is 0 Å². The first-order valence-corrected chi connectivity index (χ1v) is 10.4. The van der Waals surface area contributed by atoms with Crippen molar-refractivity contribution in [3.63, 3.8) is 0 Å². The van der Waals surface area contributed by atoms with Gasteiger partial charge in [-0.15, -0.1) is 0 Å². The first kappa shape index (κ1) is 18.2. The maximum absolute atomic E-state index is 12.5. The van der Waals surface area contributed by atoms with Gasteiger partial charge in [0.1, 0.15) is 0 Å². The molecule has 1 saturated carbocycles. The molecule has 0 atom stereocenters. The van der Waals surface area contributed by atoms with Crippen LogP contribution in [0.15, 0.2) is 30.3 Å². The van der Waals surface area contributed by atoms with Gasteiger partial charge in [-0.05, 0) is 49.7 Å². The number of carbonyl (C=O) groups is 1. The molecule has 0 saturated heterocycles. The van der Waals surface area contributed by atoms with Gasteiger partial charge in [0, 0.05) is 16.7 Å². The van der Waals surface area contributed by atoms with Gasteiger partial charge in [-0.1, -0.05) is 62.9 Å². The van der Waals surface area contributed by atoms with Crippen molar-refractivity contribution in [2.45, 2.75) is 76.5 Å². The lowest BCUT2D eigenvalue weighted by atomic mass is 9.70. The molecule has 1 heterocycles. The molecule has 0 radical (unpaired) electrons. The number of aromatic nitrogens is 1. The molecule has 2 aromatic rings. The molecule has 3 nitrogen and oxygen atoms in total. The fourth-order valence-corrected chi connectivity index (χ4v) is 5.06. The Kier molecular flexibility index (Phi) is 5.03. The van der Waals surface area contributed by atoms with Gasteiger partial charge in [0.05, 0.1) is 11.3 Å². The number of carboxylic acid groups (broad SMARTS) is 1. The van der Waals surface area contributed by atoms with E-state index in [-0.39, 0.29) is 5.41 Å².